The Balaban J connectivity index is 3.91. The third-order valence-corrected chi connectivity index (χ3v) is 1.66. The van der Waals surface area contributed by atoms with Crippen molar-refractivity contribution in [1.29, 1.82) is 0 Å². The number of rotatable bonds is 4. The van der Waals surface area contributed by atoms with Gasteiger partial charge in [-0.15, -0.1) is 0 Å². The lowest BCUT2D eigenvalue weighted by molar-refractivity contribution is -0.104. The molecule has 0 saturated heterocycles. The van der Waals surface area contributed by atoms with Crippen molar-refractivity contribution < 1.29 is 4.79 Å². The number of hydrogen-bond donors (Lipinski definition) is 0. The van der Waals surface area contributed by atoms with Crippen molar-refractivity contribution in [3.05, 3.63) is 23.8 Å². The molecule has 1 nitrogen and oxygen atoms in total. The van der Waals surface area contributed by atoms with Gasteiger partial charge < -0.3 is 0 Å². The van der Waals surface area contributed by atoms with Gasteiger partial charge in [-0.25, -0.2) is 0 Å². The first kappa shape index (κ1) is 10.2. The van der Waals surface area contributed by atoms with Gasteiger partial charge in [-0.3, -0.25) is 4.79 Å². The van der Waals surface area contributed by atoms with E-state index in [0.29, 0.717) is 5.92 Å². The molecule has 0 amide bonds. The molecule has 0 radical (unpaired) electrons. The largest absolute Gasteiger partial charge is 0.299 e. The minimum atomic E-state index is 0.602. The molecule has 0 bridgehead atoms. The minimum Gasteiger partial charge on any atom is -0.299 e. The lowest BCUT2D eigenvalue weighted by Crippen LogP contribution is -1.84. The maximum atomic E-state index is 10.0. The van der Waals surface area contributed by atoms with Gasteiger partial charge >= 0.3 is 0 Å². The highest BCUT2D eigenvalue weighted by Gasteiger charge is 1.89. The summed E-state index contributed by atoms with van der Waals surface area (Å²) >= 11 is 0. The van der Waals surface area contributed by atoms with Gasteiger partial charge in [0.2, 0.25) is 0 Å². The topological polar surface area (TPSA) is 17.1 Å². The number of hydrogen-bond acceptors (Lipinski definition) is 1. The molecule has 0 spiro atoms. The number of aldehydes is 1. The van der Waals surface area contributed by atoms with Crippen LogP contribution < -0.4 is 0 Å². The fourth-order valence-corrected chi connectivity index (χ4v) is 0.615. The van der Waals surface area contributed by atoms with E-state index in [1.54, 1.807) is 6.08 Å². The molecule has 0 aromatic rings. The highest BCUT2D eigenvalue weighted by atomic mass is 16.1. The van der Waals surface area contributed by atoms with E-state index in [4.69, 9.17) is 0 Å². The SMILES string of the molecule is CCC(C)C=CC(C)=CC=O. The van der Waals surface area contributed by atoms with E-state index in [-0.39, 0.29) is 0 Å². The molecule has 11 heavy (non-hydrogen) atoms. The summed E-state index contributed by atoms with van der Waals surface area (Å²) in [5, 5.41) is 0. The van der Waals surface area contributed by atoms with Crippen molar-refractivity contribution in [3.63, 3.8) is 0 Å². The maximum absolute atomic E-state index is 10.0. The summed E-state index contributed by atoms with van der Waals surface area (Å²) in [5.41, 5.74) is 1.01. The second kappa shape index (κ2) is 5.90. The standard InChI is InChI=1S/C10H16O/c1-4-9(2)5-6-10(3)7-8-11/h5-9H,4H2,1-3H3. The van der Waals surface area contributed by atoms with Crippen LogP contribution in [0.3, 0.4) is 0 Å². The molecule has 1 heteroatoms. The van der Waals surface area contributed by atoms with Crippen LogP contribution in [0.2, 0.25) is 0 Å². The lowest BCUT2D eigenvalue weighted by atomic mass is 10.1. The molecular formula is C10H16O. The van der Waals surface area contributed by atoms with Crippen molar-refractivity contribution >= 4 is 6.29 Å². The van der Waals surface area contributed by atoms with Crippen LogP contribution in [0, 0.1) is 5.92 Å². The number of carbonyl (C=O) groups excluding carboxylic acids is 1. The quantitative estimate of drug-likeness (QED) is 0.344. The predicted octanol–water partition coefficient (Wildman–Crippen LogP) is 2.73. The highest BCUT2D eigenvalue weighted by molar-refractivity contribution is 5.66. The van der Waals surface area contributed by atoms with E-state index in [1.165, 1.54) is 0 Å². The van der Waals surface area contributed by atoms with Gasteiger partial charge in [-0.05, 0) is 24.5 Å². The zero-order chi connectivity index (χ0) is 8.69. The molecule has 0 N–H and O–H groups in total. The molecule has 62 valence electrons. The van der Waals surface area contributed by atoms with Crippen LogP contribution in [0.1, 0.15) is 27.2 Å². The second-order valence-corrected chi connectivity index (χ2v) is 2.79. The van der Waals surface area contributed by atoms with E-state index in [1.807, 2.05) is 13.0 Å². The normalized spacial score (nSPS) is 15.4. The van der Waals surface area contributed by atoms with E-state index in [2.05, 4.69) is 19.9 Å². The summed E-state index contributed by atoms with van der Waals surface area (Å²) in [6.45, 7) is 6.23. The Labute approximate surface area is 68.8 Å². The first-order chi connectivity index (χ1) is 5.20. The van der Waals surface area contributed by atoms with E-state index < -0.39 is 0 Å². The van der Waals surface area contributed by atoms with Gasteiger partial charge in [0, 0.05) is 0 Å². The average Bonchev–Trinajstić information content (AvgIpc) is 2.01. The molecule has 0 aliphatic rings. The second-order valence-electron chi connectivity index (χ2n) is 2.79. The van der Waals surface area contributed by atoms with Crippen LogP contribution in [-0.2, 0) is 4.79 Å². The Kier molecular flexibility index (Phi) is 5.44. The molecule has 0 aromatic carbocycles. The van der Waals surface area contributed by atoms with E-state index in [9.17, 15) is 4.79 Å². The third-order valence-electron chi connectivity index (χ3n) is 1.66. The van der Waals surface area contributed by atoms with E-state index >= 15 is 0 Å². The molecule has 0 saturated carbocycles. The van der Waals surface area contributed by atoms with Crippen molar-refractivity contribution in [2.75, 3.05) is 0 Å². The molecule has 0 heterocycles. The van der Waals surface area contributed by atoms with Crippen LogP contribution in [0.4, 0.5) is 0 Å². The van der Waals surface area contributed by atoms with Crippen LogP contribution >= 0.6 is 0 Å². The Morgan fingerprint density at radius 3 is 2.64 bits per heavy atom. The summed E-state index contributed by atoms with van der Waals surface area (Å²) in [4.78, 5) is 10.0. The molecule has 0 aliphatic heterocycles. The van der Waals surface area contributed by atoms with Gasteiger partial charge in [0.15, 0.2) is 0 Å². The predicted molar refractivity (Wildman–Crippen MR) is 48.4 cm³/mol. The summed E-state index contributed by atoms with van der Waals surface area (Å²) in [6, 6.07) is 0. The monoisotopic (exact) mass is 152 g/mol. The molecule has 0 fully saturated rings. The molecule has 0 aromatic heterocycles. The van der Waals surface area contributed by atoms with Gasteiger partial charge in [0.1, 0.15) is 6.29 Å². The number of allylic oxidation sites excluding steroid dienone is 4. The first-order valence-corrected chi connectivity index (χ1v) is 4.01. The summed E-state index contributed by atoms with van der Waals surface area (Å²) in [7, 11) is 0. The summed E-state index contributed by atoms with van der Waals surface area (Å²) in [5.74, 6) is 0.602. The Morgan fingerprint density at radius 1 is 1.55 bits per heavy atom. The van der Waals surface area contributed by atoms with Crippen LogP contribution in [0.15, 0.2) is 23.8 Å². The highest BCUT2D eigenvalue weighted by Crippen LogP contribution is 2.04. The van der Waals surface area contributed by atoms with Gasteiger partial charge in [0.05, 0.1) is 0 Å². The molecular weight excluding hydrogens is 136 g/mol. The average molecular weight is 152 g/mol. The fraction of sp³-hybridized carbons (Fsp3) is 0.500. The van der Waals surface area contributed by atoms with Gasteiger partial charge in [-0.2, -0.15) is 0 Å². The molecule has 0 aliphatic carbocycles. The minimum absolute atomic E-state index is 0.602. The van der Waals surface area contributed by atoms with Crippen LogP contribution in [-0.4, -0.2) is 6.29 Å². The van der Waals surface area contributed by atoms with Crippen LogP contribution in [0.5, 0.6) is 0 Å². The zero-order valence-corrected chi connectivity index (χ0v) is 7.50. The van der Waals surface area contributed by atoms with Crippen molar-refractivity contribution in [2.45, 2.75) is 27.2 Å². The van der Waals surface area contributed by atoms with Gasteiger partial charge in [-0.1, -0.05) is 32.4 Å². The van der Waals surface area contributed by atoms with Crippen molar-refractivity contribution in [1.82, 2.24) is 0 Å². The van der Waals surface area contributed by atoms with Crippen molar-refractivity contribution in [3.8, 4) is 0 Å². The Morgan fingerprint density at radius 2 is 2.18 bits per heavy atom. The lowest BCUT2D eigenvalue weighted by Gasteiger charge is -1.98. The zero-order valence-electron chi connectivity index (χ0n) is 7.50. The summed E-state index contributed by atoms with van der Waals surface area (Å²) in [6.07, 6.45) is 7.64. The number of carbonyl (C=O) groups is 1. The Hall–Kier alpha value is -0.850. The smallest absolute Gasteiger partial charge is 0.143 e. The maximum Gasteiger partial charge on any atom is 0.143 e. The van der Waals surface area contributed by atoms with Crippen molar-refractivity contribution in [2.24, 2.45) is 5.92 Å². The summed E-state index contributed by atoms with van der Waals surface area (Å²) < 4.78 is 0. The first-order valence-electron chi connectivity index (χ1n) is 4.01. The Bertz CT molecular complexity index is 166. The molecule has 1 atom stereocenters. The fourth-order valence-electron chi connectivity index (χ4n) is 0.615. The third kappa shape index (κ3) is 5.59. The van der Waals surface area contributed by atoms with Gasteiger partial charge in [0.25, 0.3) is 0 Å². The molecule has 1 unspecified atom stereocenters. The molecule has 0 rings (SSSR count). The van der Waals surface area contributed by atoms with Crippen LogP contribution in [0.25, 0.3) is 0 Å². The van der Waals surface area contributed by atoms with E-state index in [0.717, 1.165) is 18.3 Å².